The Morgan fingerprint density at radius 3 is 2.06 bits per heavy atom. The van der Waals surface area contributed by atoms with Crippen molar-refractivity contribution in [1.82, 2.24) is 0 Å². The summed E-state index contributed by atoms with van der Waals surface area (Å²) in [4.78, 5) is 23.4. The minimum atomic E-state index is -3.30. The highest BCUT2D eigenvalue weighted by atomic mass is 19.3. The molecule has 1 heterocycles. The number of fused-ring (bicyclic) bond motifs is 1. The van der Waals surface area contributed by atoms with E-state index >= 15 is 0 Å². The summed E-state index contributed by atoms with van der Waals surface area (Å²) in [5.74, 6) is 0.417. The standard InChI is InChI=1S/C24H24F2O6/c1-22(2,29-14-27)23(3,4)31-18-11-8-16-12-19(21(28)30-20(16)13-18)15-6-9-17(10-7-15)32-24(5,25)26/h6-14H,1-5H3. The van der Waals surface area contributed by atoms with Crippen LogP contribution in [0.5, 0.6) is 11.5 Å². The molecule has 0 atom stereocenters. The summed E-state index contributed by atoms with van der Waals surface area (Å²) < 4.78 is 47.1. The van der Waals surface area contributed by atoms with E-state index < -0.39 is 22.9 Å². The predicted molar refractivity (Wildman–Crippen MR) is 115 cm³/mol. The van der Waals surface area contributed by atoms with Gasteiger partial charge in [0.25, 0.3) is 6.47 Å². The van der Waals surface area contributed by atoms with Gasteiger partial charge in [-0.3, -0.25) is 4.79 Å². The SMILES string of the molecule is CC(F)(F)Oc1ccc(-c2cc3ccc(OC(C)(C)C(C)(C)OC=O)cc3oc2=O)cc1. The zero-order valence-electron chi connectivity index (χ0n) is 18.4. The minimum Gasteiger partial charge on any atom is -0.484 e. The summed E-state index contributed by atoms with van der Waals surface area (Å²) in [5.41, 5.74) is -1.28. The van der Waals surface area contributed by atoms with Crippen molar-refractivity contribution in [2.24, 2.45) is 0 Å². The Bertz CT molecular complexity index is 1170. The van der Waals surface area contributed by atoms with Gasteiger partial charge in [-0.05, 0) is 63.6 Å². The van der Waals surface area contributed by atoms with Crippen LogP contribution in [0.3, 0.4) is 0 Å². The summed E-state index contributed by atoms with van der Waals surface area (Å²) in [6.07, 6.45) is -3.30. The van der Waals surface area contributed by atoms with Gasteiger partial charge < -0.3 is 18.6 Å². The first kappa shape index (κ1) is 23.2. The monoisotopic (exact) mass is 446 g/mol. The lowest BCUT2D eigenvalue weighted by atomic mass is 9.89. The molecular formula is C24H24F2O6. The van der Waals surface area contributed by atoms with Gasteiger partial charge in [-0.25, -0.2) is 4.79 Å². The number of carbonyl (C=O) groups is 1. The molecule has 0 N–H and O–H groups in total. The number of alkyl halides is 2. The van der Waals surface area contributed by atoms with Gasteiger partial charge in [0.1, 0.15) is 28.3 Å². The van der Waals surface area contributed by atoms with Crippen LogP contribution in [0.1, 0.15) is 34.6 Å². The Hall–Kier alpha value is -3.42. The minimum absolute atomic E-state index is 0.0164. The highest BCUT2D eigenvalue weighted by Gasteiger charge is 2.41. The quantitative estimate of drug-likeness (QED) is 0.333. The van der Waals surface area contributed by atoms with Crippen molar-refractivity contribution in [1.29, 1.82) is 0 Å². The van der Waals surface area contributed by atoms with Crippen LogP contribution in [0.2, 0.25) is 0 Å². The van der Waals surface area contributed by atoms with Crippen LogP contribution >= 0.6 is 0 Å². The molecule has 2 aromatic carbocycles. The maximum atomic E-state index is 13.0. The molecule has 8 heteroatoms. The van der Waals surface area contributed by atoms with Gasteiger partial charge in [-0.2, -0.15) is 8.78 Å². The second-order valence-electron chi connectivity index (χ2n) is 8.42. The van der Waals surface area contributed by atoms with Gasteiger partial charge in [0.15, 0.2) is 0 Å². The fourth-order valence-electron chi connectivity index (χ4n) is 2.95. The number of carbonyl (C=O) groups excluding carboxylic acids is 1. The normalized spacial score (nSPS) is 12.5. The summed E-state index contributed by atoms with van der Waals surface area (Å²) in [6.45, 7) is 8.04. The van der Waals surface area contributed by atoms with Gasteiger partial charge in [0, 0.05) is 18.4 Å². The third-order valence-corrected chi connectivity index (χ3v) is 5.34. The second-order valence-corrected chi connectivity index (χ2v) is 8.42. The molecule has 170 valence electrons. The van der Waals surface area contributed by atoms with Crippen molar-refractivity contribution in [3.8, 4) is 22.6 Å². The lowest BCUT2D eigenvalue weighted by Gasteiger charge is -2.39. The van der Waals surface area contributed by atoms with Gasteiger partial charge in [-0.15, -0.1) is 0 Å². The molecule has 32 heavy (non-hydrogen) atoms. The number of halogens is 2. The van der Waals surface area contributed by atoms with Gasteiger partial charge >= 0.3 is 11.7 Å². The average Bonchev–Trinajstić information content (AvgIpc) is 2.66. The molecule has 1 aromatic heterocycles. The topological polar surface area (TPSA) is 75.0 Å². The Labute approximate surface area is 183 Å². The highest BCUT2D eigenvalue weighted by molar-refractivity contribution is 5.82. The van der Waals surface area contributed by atoms with E-state index in [1.165, 1.54) is 24.3 Å². The van der Waals surface area contributed by atoms with E-state index in [1.807, 2.05) is 0 Å². The predicted octanol–water partition coefficient (Wildman–Crippen LogP) is 5.56. The first-order chi connectivity index (χ1) is 14.8. The Morgan fingerprint density at radius 2 is 1.47 bits per heavy atom. The number of ether oxygens (including phenoxy) is 3. The zero-order chi connectivity index (χ0) is 23.7. The molecule has 0 aliphatic rings. The molecule has 0 aliphatic heterocycles. The smallest absolute Gasteiger partial charge is 0.394 e. The van der Waals surface area contributed by atoms with E-state index in [0.29, 0.717) is 35.7 Å². The van der Waals surface area contributed by atoms with Gasteiger partial charge in [-0.1, -0.05) is 12.1 Å². The number of hydrogen-bond donors (Lipinski definition) is 0. The third-order valence-electron chi connectivity index (χ3n) is 5.34. The summed E-state index contributed by atoms with van der Waals surface area (Å²) in [6, 6.07) is 12.4. The van der Waals surface area contributed by atoms with E-state index in [2.05, 4.69) is 4.74 Å². The Morgan fingerprint density at radius 1 is 0.844 bits per heavy atom. The molecule has 0 unspecified atom stereocenters. The molecule has 0 amide bonds. The molecular weight excluding hydrogens is 422 g/mol. The molecule has 0 saturated heterocycles. The van der Waals surface area contributed by atoms with Crippen LogP contribution in [0.4, 0.5) is 8.78 Å². The van der Waals surface area contributed by atoms with Crippen molar-refractivity contribution >= 4 is 17.4 Å². The molecule has 0 spiro atoms. The van der Waals surface area contributed by atoms with Crippen LogP contribution in [0.25, 0.3) is 22.1 Å². The largest absolute Gasteiger partial charge is 0.484 e. The van der Waals surface area contributed by atoms with Crippen molar-refractivity contribution in [2.45, 2.75) is 51.9 Å². The third kappa shape index (κ3) is 5.07. The van der Waals surface area contributed by atoms with Crippen molar-refractivity contribution in [3.05, 3.63) is 59.0 Å². The van der Waals surface area contributed by atoms with E-state index in [0.717, 1.165) is 0 Å². The molecule has 0 radical (unpaired) electrons. The lowest BCUT2D eigenvalue weighted by Crippen LogP contribution is -2.51. The molecule has 0 saturated carbocycles. The average molecular weight is 446 g/mol. The Balaban J connectivity index is 1.90. The summed E-state index contributed by atoms with van der Waals surface area (Å²) in [5, 5.41) is 0.647. The molecule has 0 fully saturated rings. The highest BCUT2D eigenvalue weighted by Crippen LogP contribution is 2.32. The van der Waals surface area contributed by atoms with E-state index in [4.69, 9.17) is 13.9 Å². The van der Waals surface area contributed by atoms with E-state index in [9.17, 15) is 18.4 Å². The van der Waals surface area contributed by atoms with Crippen LogP contribution in [0.15, 0.2) is 57.7 Å². The van der Waals surface area contributed by atoms with Crippen LogP contribution in [0, 0.1) is 0 Å². The summed E-state index contributed by atoms with van der Waals surface area (Å²) in [7, 11) is 0. The summed E-state index contributed by atoms with van der Waals surface area (Å²) >= 11 is 0. The van der Waals surface area contributed by atoms with Crippen LogP contribution in [-0.2, 0) is 9.53 Å². The number of hydrogen-bond acceptors (Lipinski definition) is 6. The van der Waals surface area contributed by atoms with Crippen molar-refractivity contribution in [3.63, 3.8) is 0 Å². The fourth-order valence-corrected chi connectivity index (χ4v) is 2.95. The van der Waals surface area contributed by atoms with Crippen LogP contribution in [-0.4, -0.2) is 23.8 Å². The molecule has 6 nitrogen and oxygen atoms in total. The molecule has 3 rings (SSSR count). The lowest BCUT2D eigenvalue weighted by molar-refractivity contribution is -0.161. The second kappa shape index (κ2) is 8.26. The van der Waals surface area contributed by atoms with Crippen LogP contribution < -0.4 is 15.1 Å². The number of benzene rings is 2. The zero-order valence-corrected chi connectivity index (χ0v) is 18.4. The Kier molecular flexibility index (Phi) is 6.00. The van der Waals surface area contributed by atoms with E-state index in [1.54, 1.807) is 52.0 Å². The molecule has 0 bridgehead atoms. The van der Waals surface area contributed by atoms with Gasteiger partial charge in [0.05, 0.1) is 5.56 Å². The maximum Gasteiger partial charge on any atom is 0.394 e. The van der Waals surface area contributed by atoms with Gasteiger partial charge in [0.2, 0.25) is 0 Å². The fraction of sp³-hybridized carbons (Fsp3) is 0.333. The molecule has 3 aromatic rings. The first-order valence-electron chi connectivity index (χ1n) is 9.87. The first-order valence-corrected chi connectivity index (χ1v) is 9.87. The maximum absolute atomic E-state index is 13.0. The van der Waals surface area contributed by atoms with Crippen molar-refractivity contribution in [2.75, 3.05) is 0 Å². The van der Waals surface area contributed by atoms with Crippen molar-refractivity contribution < 1.29 is 32.2 Å². The molecule has 0 aliphatic carbocycles. The van der Waals surface area contributed by atoms with E-state index in [-0.39, 0.29) is 11.3 Å². The number of rotatable bonds is 8.